The molecule has 0 aliphatic carbocycles. The summed E-state index contributed by atoms with van der Waals surface area (Å²) in [6.07, 6.45) is 0.825. The highest BCUT2D eigenvalue weighted by atomic mass is 16.7. The molecule has 43 heavy (non-hydrogen) atoms. The van der Waals surface area contributed by atoms with E-state index in [0.29, 0.717) is 47.4 Å². The summed E-state index contributed by atoms with van der Waals surface area (Å²) in [7, 11) is 5.35. The predicted molar refractivity (Wildman–Crippen MR) is 158 cm³/mol. The average molecular weight is 584 g/mol. The van der Waals surface area contributed by atoms with Crippen molar-refractivity contribution in [1.82, 2.24) is 30.0 Å². The highest BCUT2D eigenvalue weighted by Crippen LogP contribution is 2.50. The number of likely N-dealkylation sites (N-methyl/N-ethyl adjacent to an activating group) is 1. The summed E-state index contributed by atoms with van der Waals surface area (Å²) in [5.74, 6) is 3.35. The molecule has 1 fully saturated rings. The number of benzene rings is 3. The fourth-order valence-corrected chi connectivity index (χ4v) is 6.24. The third-order valence-electron chi connectivity index (χ3n) is 8.46. The van der Waals surface area contributed by atoms with Gasteiger partial charge < -0.3 is 28.7 Å². The Morgan fingerprint density at radius 2 is 1.74 bits per heavy atom. The van der Waals surface area contributed by atoms with E-state index in [9.17, 15) is 4.79 Å². The van der Waals surface area contributed by atoms with Crippen LogP contribution in [-0.4, -0.2) is 96.7 Å². The lowest BCUT2D eigenvalue weighted by Crippen LogP contribution is -2.48. The molecule has 3 aliphatic heterocycles. The normalized spacial score (nSPS) is 18.0. The number of aromatic nitrogens is 4. The number of carbonyl (C=O) groups excluding carboxylic acids is 1. The van der Waals surface area contributed by atoms with Crippen LogP contribution in [0.2, 0.25) is 0 Å². The Kier molecular flexibility index (Phi) is 6.98. The lowest BCUT2D eigenvalue weighted by atomic mass is 9.90. The molecule has 0 radical (unpaired) electrons. The molecule has 4 heterocycles. The fraction of sp³-hybridized carbons (Fsp3) is 0.355. The van der Waals surface area contributed by atoms with E-state index in [1.165, 1.54) is 0 Å². The van der Waals surface area contributed by atoms with Crippen LogP contribution in [-0.2, 0) is 6.42 Å². The van der Waals surface area contributed by atoms with Gasteiger partial charge in [-0.25, -0.2) is 0 Å². The topological polar surface area (TPSA) is 107 Å². The lowest BCUT2D eigenvalue weighted by molar-refractivity contribution is 0.0746. The molecule has 1 aromatic heterocycles. The van der Waals surface area contributed by atoms with Crippen LogP contribution in [0.25, 0.3) is 5.69 Å². The number of hydrogen-bond donors (Lipinski definition) is 0. The van der Waals surface area contributed by atoms with Gasteiger partial charge in [0.2, 0.25) is 12.5 Å². The van der Waals surface area contributed by atoms with Crippen LogP contribution in [0.4, 0.5) is 5.69 Å². The Morgan fingerprint density at radius 1 is 0.930 bits per heavy atom. The molecule has 0 N–H and O–H groups in total. The summed E-state index contributed by atoms with van der Waals surface area (Å²) in [6.45, 7) is 3.68. The average Bonchev–Trinajstić information content (AvgIpc) is 3.74. The molecule has 222 valence electrons. The number of methoxy groups -OCH3 is 2. The summed E-state index contributed by atoms with van der Waals surface area (Å²) in [5, 5.41) is 12.9. The molecule has 3 aromatic carbocycles. The van der Waals surface area contributed by atoms with Crippen LogP contribution in [0.3, 0.4) is 0 Å². The maximum atomic E-state index is 13.6. The molecule has 0 saturated carbocycles. The summed E-state index contributed by atoms with van der Waals surface area (Å²) in [5.41, 5.74) is 4.45. The molecule has 7 rings (SSSR count). The van der Waals surface area contributed by atoms with Gasteiger partial charge in [-0.2, -0.15) is 4.68 Å². The zero-order valence-corrected chi connectivity index (χ0v) is 24.4. The lowest BCUT2D eigenvalue weighted by Gasteiger charge is -2.36. The molecule has 12 heteroatoms. The van der Waals surface area contributed by atoms with Gasteiger partial charge >= 0.3 is 0 Å². The third-order valence-corrected chi connectivity index (χ3v) is 8.46. The first-order valence-electron chi connectivity index (χ1n) is 14.3. The van der Waals surface area contributed by atoms with E-state index in [4.69, 9.17) is 18.9 Å². The fourth-order valence-electron chi connectivity index (χ4n) is 6.24. The summed E-state index contributed by atoms with van der Waals surface area (Å²) >= 11 is 0. The number of ether oxygens (including phenoxy) is 4. The molecule has 0 unspecified atom stereocenters. The zero-order chi connectivity index (χ0) is 29.5. The van der Waals surface area contributed by atoms with E-state index >= 15 is 0 Å². The van der Waals surface area contributed by atoms with Crippen molar-refractivity contribution in [3.63, 3.8) is 0 Å². The number of anilines is 1. The molecule has 0 bridgehead atoms. The largest absolute Gasteiger partial charge is 0.497 e. The molecule has 12 nitrogen and oxygen atoms in total. The summed E-state index contributed by atoms with van der Waals surface area (Å²) in [6, 6.07) is 17.2. The number of tetrazole rings is 1. The van der Waals surface area contributed by atoms with E-state index in [1.54, 1.807) is 18.9 Å². The highest BCUT2D eigenvalue weighted by Gasteiger charge is 2.38. The number of rotatable bonds is 6. The minimum absolute atomic E-state index is 0.0173. The summed E-state index contributed by atoms with van der Waals surface area (Å²) in [4.78, 5) is 20.0. The Balaban J connectivity index is 1.15. The first kappa shape index (κ1) is 27.0. The number of nitrogens with zero attached hydrogens (tertiary/aromatic N) is 7. The van der Waals surface area contributed by atoms with E-state index in [1.807, 2.05) is 60.5 Å². The van der Waals surface area contributed by atoms with Crippen LogP contribution < -0.4 is 23.8 Å². The molecule has 4 aromatic rings. The number of carbonyl (C=O) groups is 1. The molecule has 1 atom stereocenters. The van der Waals surface area contributed by atoms with Gasteiger partial charge in [-0.05, 0) is 65.9 Å². The van der Waals surface area contributed by atoms with Crippen LogP contribution >= 0.6 is 0 Å². The number of piperazine rings is 1. The zero-order valence-electron chi connectivity index (χ0n) is 24.4. The highest BCUT2D eigenvalue weighted by molar-refractivity contribution is 5.95. The minimum Gasteiger partial charge on any atom is -0.497 e. The van der Waals surface area contributed by atoms with Gasteiger partial charge in [0, 0.05) is 55.6 Å². The van der Waals surface area contributed by atoms with Crippen molar-refractivity contribution >= 4 is 11.6 Å². The maximum absolute atomic E-state index is 13.6. The first-order valence-corrected chi connectivity index (χ1v) is 14.3. The Morgan fingerprint density at radius 3 is 2.56 bits per heavy atom. The van der Waals surface area contributed by atoms with Crippen molar-refractivity contribution in [1.29, 1.82) is 0 Å². The molecule has 1 saturated heterocycles. The van der Waals surface area contributed by atoms with Crippen molar-refractivity contribution in [3.05, 3.63) is 77.1 Å². The maximum Gasteiger partial charge on any atom is 0.254 e. The standard InChI is InChI=1S/C31H33N7O5/c1-35-11-10-20-17-25-28(43-19-42-25)29(41-3)26(20)27(35)30-32-33-34-38(30)23-8-4-6-21(16-23)31(39)37-14-12-36(13-15-37)22-7-5-9-24(18-22)40-2/h4-9,16-18,27H,10-15,19H2,1-3H3/t27-/m1/s1. The second-order valence-electron chi connectivity index (χ2n) is 10.8. The Labute approximate surface area is 249 Å². The second kappa shape index (κ2) is 11.1. The van der Waals surface area contributed by atoms with Gasteiger partial charge in [0.25, 0.3) is 5.91 Å². The number of hydrogen-bond acceptors (Lipinski definition) is 10. The summed E-state index contributed by atoms with van der Waals surface area (Å²) < 4.78 is 24.4. The first-order chi connectivity index (χ1) is 21.1. The molecule has 1 amide bonds. The molecule has 3 aliphatic rings. The van der Waals surface area contributed by atoms with Crippen LogP contribution in [0.1, 0.15) is 33.4 Å². The van der Waals surface area contributed by atoms with Crippen LogP contribution in [0.15, 0.2) is 54.6 Å². The van der Waals surface area contributed by atoms with Crippen molar-refractivity contribution in [2.45, 2.75) is 12.5 Å². The van der Waals surface area contributed by atoms with Crippen molar-refractivity contribution < 1.29 is 23.7 Å². The number of amides is 1. The Hall–Kier alpha value is -4.84. The van der Waals surface area contributed by atoms with Gasteiger partial charge in [-0.3, -0.25) is 9.69 Å². The molecular formula is C31H33N7O5. The minimum atomic E-state index is -0.299. The quantitative estimate of drug-likeness (QED) is 0.336. The van der Waals surface area contributed by atoms with Gasteiger partial charge in [0.05, 0.1) is 19.9 Å². The van der Waals surface area contributed by atoms with Crippen molar-refractivity contribution in [2.24, 2.45) is 0 Å². The third kappa shape index (κ3) is 4.77. The molecular weight excluding hydrogens is 550 g/mol. The monoisotopic (exact) mass is 583 g/mol. The van der Waals surface area contributed by atoms with Gasteiger partial charge in [0.1, 0.15) is 11.8 Å². The Bertz CT molecular complexity index is 1670. The van der Waals surface area contributed by atoms with Gasteiger partial charge in [0.15, 0.2) is 17.3 Å². The van der Waals surface area contributed by atoms with E-state index < -0.39 is 0 Å². The van der Waals surface area contributed by atoms with Crippen molar-refractivity contribution in [2.75, 3.05) is 65.7 Å². The van der Waals surface area contributed by atoms with Gasteiger partial charge in [-0.15, -0.1) is 5.10 Å². The van der Waals surface area contributed by atoms with Crippen LogP contribution in [0, 0.1) is 0 Å². The van der Waals surface area contributed by atoms with Crippen molar-refractivity contribution in [3.8, 4) is 28.7 Å². The van der Waals surface area contributed by atoms with E-state index in [-0.39, 0.29) is 18.7 Å². The van der Waals surface area contributed by atoms with Crippen LogP contribution in [0.5, 0.6) is 23.0 Å². The second-order valence-corrected chi connectivity index (χ2v) is 10.8. The SMILES string of the molecule is COc1cccc(N2CCN(C(=O)c3cccc(-n4nnnc4[C@H]4c5c(cc6c(c5OC)OCO6)CCN4C)c3)CC2)c1. The molecule has 0 spiro atoms. The number of fused-ring (bicyclic) bond motifs is 2. The van der Waals surface area contributed by atoms with E-state index in [2.05, 4.69) is 31.4 Å². The van der Waals surface area contributed by atoms with Gasteiger partial charge in [-0.1, -0.05) is 12.1 Å². The smallest absolute Gasteiger partial charge is 0.254 e. The van der Waals surface area contributed by atoms with E-state index in [0.717, 1.165) is 48.6 Å². The predicted octanol–water partition coefficient (Wildman–Crippen LogP) is 2.95.